The molecule has 0 saturated carbocycles. The zero-order valence-electron chi connectivity index (χ0n) is 8.22. The van der Waals surface area contributed by atoms with Gasteiger partial charge >= 0.3 is 0 Å². The Bertz CT molecular complexity index is 303. The van der Waals surface area contributed by atoms with Gasteiger partial charge in [0.2, 0.25) is 0 Å². The number of phenolic OH excluding ortho intramolecular Hbond substituents is 2. The monoisotopic (exact) mass is 230 g/mol. The first kappa shape index (κ1) is 12.2. The van der Waals surface area contributed by atoms with Crippen molar-refractivity contribution in [3.05, 3.63) is 18.2 Å². The van der Waals surface area contributed by atoms with Crippen LogP contribution in [0.4, 0.5) is 0 Å². The van der Waals surface area contributed by atoms with Gasteiger partial charge in [-0.15, -0.1) is 11.8 Å². The highest BCUT2D eigenvalue weighted by Gasteiger charge is 2.02. The molecule has 1 rings (SSSR count). The summed E-state index contributed by atoms with van der Waals surface area (Å²) in [6, 6.07) is 4.48. The lowest BCUT2D eigenvalue weighted by molar-refractivity contribution is 0.103. The third-order valence-electron chi connectivity index (χ3n) is 1.66. The lowest BCUT2D eigenvalue weighted by Crippen LogP contribution is -2.02. The van der Waals surface area contributed by atoms with Crippen LogP contribution >= 0.6 is 11.8 Å². The average Bonchev–Trinajstić information content (AvgIpc) is 2.20. The van der Waals surface area contributed by atoms with Gasteiger partial charge < -0.3 is 20.1 Å². The first-order chi connectivity index (χ1) is 7.24. The van der Waals surface area contributed by atoms with E-state index in [0.717, 1.165) is 0 Å². The van der Waals surface area contributed by atoms with E-state index in [4.69, 9.17) is 14.9 Å². The molecule has 0 aromatic heterocycles. The highest BCUT2D eigenvalue weighted by atomic mass is 32.2. The molecule has 0 fully saturated rings. The number of aliphatic hydroxyl groups is 1. The number of aromatic hydroxyl groups is 2. The number of rotatable bonds is 6. The molecule has 0 aliphatic heterocycles. The molecule has 84 valence electrons. The van der Waals surface area contributed by atoms with Crippen molar-refractivity contribution in [2.75, 3.05) is 25.6 Å². The quantitative estimate of drug-likeness (QED) is 0.506. The average molecular weight is 230 g/mol. The fraction of sp³-hybridized carbons (Fsp3) is 0.400. The van der Waals surface area contributed by atoms with E-state index in [1.54, 1.807) is 6.07 Å². The van der Waals surface area contributed by atoms with Crippen molar-refractivity contribution in [1.29, 1.82) is 0 Å². The standard InChI is InChI=1S/C10H14O4S/c11-3-4-14-5-6-15-10-2-1-8(12)7-9(10)13/h1-2,7,11-13H,3-6H2. The van der Waals surface area contributed by atoms with E-state index in [0.29, 0.717) is 23.9 Å². The molecule has 0 atom stereocenters. The van der Waals surface area contributed by atoms with Crippen LogP contribution in [0.2, 0.25) is 0 Å². The van der Waals surface area contributed by atoms with E-state index in [-0.39, 0.29) is 18.1 Å². The summed E-state index contributed by atoms with van der Waals surface area (Å²) in [7, 11) is 0. The van der Waals surface area contributed by atoms with Crippen molar-refractivity contribution in [1.82, 2.24) is 0 Å². The van der Waals surface area contributed by atoms with Gasteiger partial charge in [0, 0.05) is 16.7 Å². The number of thioether (sulfide) groups is 1. The van der Waals surface area contributed by atoms with Crippen molar-refractivity contribution in [2.45, 2.75) is 4.90 Å². The van der Waals surface area contributed by atoms with Crippen LogP contribution < -0.4 is 0 Å². The zero-order chi connectivity index (χ0) is 11.1. The Balaban J connectivity index is 2.31. The lowest BCUT2D eigenvalue weighted by Gasteiger charge is -2.05. The molecular weight excluding hydrogens is 216 g/mol. The van der Waals surface area contributed by atoms with Gasteiger partial charge in [-0.1, -0.05) is 0 Å². The smallest absolute Gasteiger partial charge is 0.132 e. The predicted octanol–water partition coefficient (Wildman–Crippen LogP) is 1.20. The molecule has 0 amide bonds. The van der Waals surface area contributed by atoms with E-state index in [1.165, 1.54) is 23.9 Å². The summed E-state index contributed by atoms with van der Waals surface area (Å²) in [6.45, 7) is 0.878. The van der Waals surface area contributed by atoms with Crippen LogP contribution in [0.25, 0.3) is 0 Å². The Morgan fingerprint density at radius 3 is 2.67 bits per heavy atom. The van der Waals surface area contributed by atoms with E-state index >= 15 is 0 Å². The van der Waals surface area contributed by atoms with Crippen LogP contribution in [0.15, 0.2) is 23.1 Å². The van der Waals surface area contributed by atoms with Crippen molar-refractivity contribution in [2.24, 2.45) is 0 Å². The van der Waals surface area contributed by atoms with E-state index in [1.807, 2.05) is 0 Å². The third-order valence-corrected chi connectivity index (χ3v) is 2.69. The summed E-state index contributed by atoms with van der Waals surface area (Å²) in [5, 5.41) is 26.9. The van der Waals surface area contributed by atoms with Gasteiger partial charge in [0.15, 0.2) is 0 Å². The Morgan fingerprint density at radius 1 is 1.20 bits per heavy atom. The molecule has 1 aromatic carbocycles. The molecule has 5 heteroatoms. The fourth-order valence-corrected chi connectivity index (χ4v) is 1.80. The van der Waals surface area contributed by atoms with E-state index < -0.39 is 0 Å². The fourth-order valence-electron chi connectivity index (χ4n) is 1.00. The number of hydrogen-bond acceptors (Lipinski definition) is 5. The molecule has 15 heavy (non-hydrogen) atoms. The normalized spacial score (nSPS) is 10.5. The second kappa shape index (κ2) is 6.55. The van der Waals surface area contributed by atoms with E-state index in [9.17, 15) is 5.11 Å². The van der Waals surface area contributed by atoms with Crippen LogP contribution in [-0.2, 0) is 4.74 Å². The van der Waals surface area contributed by atoms with Gasteiger partial charge in [0.1, 0.15) is 11.5 Å². The van der Waals surface area contributed by atoms with Gasteiger partial charge in [-0.25, -0.2) is 0 Å². The maximum Gasteiger partial charge on any atom is 0.132 e. The van der Waals surface area contributed by atoms with Gasteiger partial charge in [-0.3, -0.25) is 0 Å². The first-order valence-corrected chi connectivity index (χ1v) is 5.56. The highest BCUT2D eigenvalue weighted by molar-refractivity contribution is 7.99. The Hall–Kier alpha value is -0.910. The van der Waals surface area contributed by atoms with Gasteiger partial charge in [0.25, 0.3) is 0 Å². The summed E-state index contributed by atoms with van der Waals surface area (Å²) >= 11 is 1.44. The summed E-state index contributed by atoms with van der Waals surface area (Å²) in [5.74, 6) is 0.814. The molecule has 0 radical (unpaired) electrons. The largest absolute Gasteiger partial charge is 0.508 e. The number of hydrogen-bond donors (Lipinski definition) is 3. The predicted molar refractivity (Wildman–Crippen MR) is 58.4 cm³/mol. The summed E-state index contributed by atoms with van der Waals surface area (Å²) in [6.07, 6.45) is 0. The van der Waals surface area contributed by atoms with Crippen molar-refractivity contribution in [3.8, 4) is 11.5 Å². The van der Waals surface area contributed by atoms with Crippen LogP contribution in [0.1, 0.15) is 0 Å². The zero-order valence-corrected chi connectivity index (χ0v) is 9.04. The lowest BCUT2D eigenvalue weighted by atomic mass is 10.3. The Morgan fingerprint density at radius 2 is 2.00 bits per heavy atom. The minimum Gasteiger partial charge on any atom is -0.508 e. The first-order valence-electron chi connectivity index (χ1n) is 4.57. The van der Waals surface area contributed by atoms with Crippen LogP contribution in [-0.4, -0.2) is 40.9 Å². The van der Waals surface area contributed by atoms with Crippen molar-refractivity contribution < 1.29 is 20.1 Å². The second-order valence-electron chi connectivity index (χ2n) is 2.84. The maximum absolute atomic E-state index is 9.43. The number of phenols is 2. The van der Waals surface area contributed by atoms with Gasteiger partial charge in [0.05, 0.1) is 19.8 Å². The molecule has 0 unspecified atom stereocenters. The summed E-state index contributed by atoms with van der Waals surface area (Å²) < 4.78 is 5.07. The number of aliphatic hydroxyl groups excluding tert-OH is 1. The molecule has 0 heterocycles. The summed E-state index contributed by atoms with van der Waals surface area (Å²) in [5.41, 5.74) is 0. The molecule has 4 nitrogen and oxygen atoms in total. The van der Waals surface area contributed by atoms with Crippen LogP contribution in [0, 0.1) is 0 Å². The second-order valence-corrected chi connectivity index (χ2v) is 3.97. The molecule has 0 aliphatic carbocycles. The highest BCUT2D eigenvalue weighted by Crippen LogP contribution is 2.30. The molecular formula is C10H14O4S. The van der Waals surface area contributed by atoms with E-state index in [2.05, 4.69) is 0 Å². The van der Waals surface area contributed by atoms with Crippen LogP contribution in [0.3, 0.4) is 0 Å². The molecule has 0 bridgehead atoms. The summed E-state index contributed by atoms with van der Waals surface area (Å²) in [4.78, 5) is 0.709. The van der Waals surface area contributed by atoms with Crippen molar-refractivity contribution in [3.63, 3.8) is 0 Å². The van der Waals surface area contributed by atoms with Gasteiger partial charge in [-0.05, 0) is 12.1 Å². The van der Waals surface area contributed by atoms with Crippen molar-refractivity contribution >= 4 is 11.8 Å². The maximum atomic E-state index is 9.43. The molecule has 1 aromatic rings. The number of benzene rings is 1. The molecule has 0 saturated heterocycles. The third kappa shape index (κ3) is 4.42. The minimum absolute atomic E-state index is 0.0229. The SMILES string of the molecule is OCCOCCSc1ccc(O)cc1O. The topological polar surface area (TPSA) is 69.9 Å². The van der Waals surface area contributed by atoms with Gasteiger partial charge in [-0.2, -0.15) is 0 Å². The molecule has 0 aliphatic rings. The molecule has 3 N–H and O–H groups in total. The molecule has 0 spiro atoms. The van der Waals surface area contributed by atoms with Crippen LogP contribution in [0.5, 0.6) is 11.5 Å². The number of ether oxygens (including phenoxy) is 1. The Kier molecular flexibility index (Phi) is 5.31. The minimum atomic E-state index is 0.0229. The Labute approximate surface area is 92.5 Å².